The average molecular weight is 292 g/mol. The number of hydrogen-bond donors (Lipinski definition) is 0. The molecule has 1 saturated heterocycles. The molecule has 4 nitrogen and oxygen atoms in total. The number of carbonyl (C=O) groups is 1. The molecule has 0 N–H and O–H groups in total. The van der Waals surface area contributed by atoms with Crippen molar-refractivity contribution in [3.63, 3.8) is 0 Å². The zero-order valence-corrected chi connectivity index (χ0v) is 13.0. The molecule has 0 aromatic carbocycles. The molecule has 1 heterocycles. The van der Waals surface area contributed by atoms with E-state index in [1.165, 1.54) is 0 Å². The van der Waals surface area contributed by atoms with E-state index in [1.807, 2.05) is 26.0 Å². The van der Waals surface area contributed by atoms with Gasteiger partial charge in [0.2, 0.25) is 0 Å². The van der Waals surface area contributed by atoms with Gasteiger partial charge in [-0.1, -0.05) is 24.1 Å². The van der Waals surface area contributed by atoms with Crippen LogP contribution in [0.15, 0.2) is 24.3 Å². The molecule has 0 spiro atoms. The van der Waals surface area contributed by atoms with Gasteiger partial charge in [-0.2, -0.15) is 0 Å². The van der Waals surface area contributed by atoms with E-state index < -0.39 is 5.79 Å². The second kappa shape index (κ2) is 8.66. The van der Waals surface area contributed by atoms with Crippen LogP contribution >= 0.6 is 0 Å². The van der Waals surface area contributed by atoms with Gasteiger partial charge in [0.05, 0.1) is 12.7 Å². The van der Waals surface area contributed by atoms with Gasteiger partial charge >= 0.3 is 5.97 Å². The first kappa shape index (κ1) is 17.5. The first-order valence-electron chi connectivity index (χ1n) is 7.29. The Labute approximate surface area is 127 Å². The Morgan fingerprint density at radius 1 is 1.38 bits per heavy atom. The SMILES string of the molecule is C#C/C=C/C=C/[C@H]1OC(C)(C)O[C@H]1CCCC(=O)OCC. The summed E-state index contributed by atoms with van der Waals surface area (Å²) in [6.07, 6.45) is 14.0. The fourth-order valence-electron chi connectivity index (χ4n) is 2.21. The molecular weight excluding hydrogens is 268 g/mol. The third kappa shape index (κ3) is 6.61. The molecular formula is C17H24O4. The van der Waals surface area contributed by atoms with Crippen molar-refractivity contribution >= 4 is 5.97 Å². The fourth-order valence-corrected chi connectivity index (χ4v) is 2.21. The maximum absolute atomic E-state index is 11.3. The van der Waals surface area contributed by atoms with Crippen molar-refractivity contribution in [2.75, 3.05) is 6.61 Å². The molecule has 0 bridgehead atoms. The Morgan fingerprint density at radius 3 is 2.81 bits per heavy atom. The van der Waals surface area contributed by atoms with Crippen LogP contribution in [0.5, 0.6) is 0 Å². The smallest absolute Gasteiger partial charge is 0.305 e. The van der Waals surface area contributed by atoms with Crippen molar-refractivity contribution in [3.05, 3.63) is 24.3 Å². The van der Waals surface area contributed by atoms with Crippen LogP contribution in [0.3, 0.4) is 0 Å². The minimum atomic E-state index is -0.612. The molecule has 0 saturated carbocycles. The number of rotatable bonds is 7. The van der Waals surface area contributed by atoms with Crippen LogP contribution in [0.4, 0.5) is 0 Å². The van der Waals surface area contributed by atoms with Crippen molar-refractivity contribution in [1.29, 1.82) is 0 Å². The molecule has 0 aromatic heterocycles. The minimum absolute atomic E-state index is 0.0649. The van der Waals surface area contributed by atoms with Crippen LogP contribution < -0.4 is 0 Å². The van der Waals surface area contributed by atoms with Gasteiger partial charge < -0.3 is 14.2 Å². The van der Waals surface area contributed by atoms with Gasteiger partial charge in [-0.15, -0.1) is 6.42 Å². The lowest BCUT2D eigenvalue weighted by atomic mass is 10.1. The van der Waals surface area contributed by atoms with Gasteiger partial charge in [0.1, 0.15) is 6.10 Å². The topological polar surface area (TPSA) is 44.8 Å². The summed E-state index contributed by atoms with van der Waals surface area (Å²) in [5.41, 5.74) is 0. The maximum Gasteiger partial charge on any atom is 0.305 e. The number of hydrogen-bond acceptors (Lipinski definition) is 4. The van der Waals surface area contributed by atoms with Crippen LogP contribution in [-0.4, -0.2) is 30.6 Å². The summed E-state index contributed by atoms with van der Waals surface area (Å²) in [5, 5.41) is 0. The lowest BCUT2D eigenvalue weighted by Crippen LogP contribution is -2.21. The molecule has 1 aliphatic rings. The molecule has 0 unspecified atom stereocenters. The van der Waals surface area contributed by atoms with Crippen molar-refractivity contribution in [2.45, 2.75) is 58.0 Å². The molecule has 0 aliphatic carbocycles. The standard InChI is InChI=1S/C17H24O4/c1-5-7-8-9-11-14-15(21-17(3,4)20-14)12-10-13-16(18)19-6-2/h1,7-9,11,14-15H,6,10,12-13H2,2-4H3/b8-7+,11-9+/t14-,15+/m1/s1. The molecule has 4 heteroatoms. The van der Waals surface area contributed by atoms with Crippen LogP contribution in [-0.2, 0) is 19.0 Å². The third-order valence-electron chi connectivity index (χ3n) is 3.00. The average Bonchev–Trinajstić information content (AvgIpc) is 2.70. The second-order valence-electron chi connectivity index (χ2n) is 5.25. The number of allylic oxidation sites excluding steroid dienone is 3. The Kier molecular flexibility index (Phi) is 7.21. The molecule has 21 heavy (non-hydrogen) atoms. The van der Waals surface area contributed by atoms with Gasteiger partial charge in [-0.05, 0) is 39.7 Å². The van der Waals surface area contributed by atoms with Crippen LogP contribution in [0.1, 0.15) is 40.0 Å². The molecule has 1 fully saturated rings. The lowest BCUT2D eigenvalue weighted by Gasteiger charge is -2.16. The second-order valence-corrected chi connectivity index (χ2v) is 5.25. The molecule has 0 amide bonds. The molecule has 1 aliphatic heterocycles. The van der Waals surface area contributed by atoms with Crippen molar-refractivity contribution in [1.82, 2.24) is 0 Å². The summed E-state index contributed by atoms with van der Waals surface area (Å²) < 4.78 is 16.6. The lowest BCUT2D eigenvalue weighted by molar-refractivity contribution is -0.145. The Hall–Kier alpha value is -1.57. The number of terminal acetylenes is 1. The predicted molar refractivity (Wildman–Crippen MR) is 81.4 cm³/mol. The van der Waals surface area contributed by atoms with E-state index >= 15 is 0 Å². The van der Waals surface area contributed by atoms with Crippen molar-refractivity contribution in [3.8, 4) is 12.3 Å². The molecule has 0 radical (unpaired) electrons. The summed E-state index contributed by atoms with van der Waals surface area (Å²) in [5.74, 6) is 1.65. The number of carbonyl (C=O) groups excluding carboxylic acids is 1. The summed E-state index contributed by atoms with van der Waals surface area (Å²) in [4.78, 5) is 11.3. The number of ether oxygens (including phenoxy) is 3. The van der Waals surface area contributed by atoms with E-state index in [-0.39, 0.29) is 18.2 Å². The van der Waals surface area contributed by atoms with Crippen LogP contribution in [0.25, 0.3) is 0 Å². The zero-order chi connectivity index (χ0) is 15.7. The maximum atomic E-state index is 11.3. The van der Waals surface area contributed by atoms with E-state index in [2.05, 4.69) is 5.92 Å². The summed E-state index contributed by atoms with van der Waals surface area (Å²) in [6.45, 7) is 5.99. The van der Waals surface area contributed by atoms with Crippen LogP contribution in [0, 0.1) is 12.3 Å². The first-order chi connectivity index (χ1) is 9.98. The quantitative estimate of drug-likeness (QED) is 0.411. The highest BCUT2D eigenvalue weighted by Crippen LogP contribution is 2.31. The highest BCUT2D eigenvalue weighted by atomic mass is 16.7. The Morgan fingerprint density at radius 2 is 2.14 bits per heavy atom. The number of esters is 1. The highest BCUT2D eigenvalue weighted by Gasteiger charge is 2.39. The van der Waals surface area contributed by atoms with E-state index in [0.717, 1.165) is 6.42 Å². The molecule has 1 rings (SSSR count). The summed E-state index contributed by atoms with van der Waals surface area (Å²) in [6, 6.07) is 0. The molecule has 0 aromatic rings. The minimum Gasteiger partial charge on any atom is -0.466 e. The van der Waals surface area contributed by atoms with E-state index in [4.69, 9.17) is 20.6 Å². The van der Waals surface area contributed by atoms with E-state index in [9.17, 15) is 4.79 Å². The summed E-state index contributed by atoms with van der Waals surface area (Å²) in [7, 11) is 0. The first-order valence-corrected chi connectivity index (χ1v) is 7.29. The zero-order valence-electron chi connectivity index (χ0n) is 13.0. The van der Waals surface area contributed by atoms with Gasteiger partial charge in [0.25, 0.3) is 0 Å². The van der Waals surface area contributed by atoms with Crippen molar-refractivity contribution < 1.29 is 19.0 Å². The highest BCUT2D eigenvalue weighted by molar-refractivity contribution is 5.69. The monoisotopic (exact) mass is 292 g/mol. The van der Waals surface area contributed by atoms with Gasteiger partial charge in [-0.25, -0.2) is 0 Å². The summed E-state index contributed by atoms with van der Waals surface area (Å²) >= 11 is 0. The fraction of sp³-hybridized carbons (Fsp3) is 0.588. The van der Waals surface area contributed by atoms with Crippen LogP contribution in [0.2, 0.25) is 0 Å². The van der Waals surface area contributed by atoms with E-state index in [0.29, 0.717) is 19.4 Å². The Bertz CT molecular complexity index is 429. The largest absolute Gasteiger partial charge is 0.466 e. The predicted octanol–water partition coefficient (Wildman–Crippen LogP) is 2.99. The van der Waals surface area contributed by atoms with E-state index in [1.54, 1.807) is 19.1 Å². The van der Waals surface area contributed by atoms with Crippen molar-refractivity contribution in [2.24, 2.45) is 0 Å². The Balaban J connectivity index is 2.49. The van der Waals surface area contributed by atoms with Gasteiger partial charge in [0.15, 0.2) is 5.79 Å². The third-order valence-corrected chi connectivity index (χ3v) is 3.00. The normalized spacial score (nSPS) is 24.5. The van der Waals surface area contributed by atoms with Gasteiger partial charge in [0, 0.05) is 6.42 Å². The molecule has 116 valence electrons. The molecule has 2 atom stereocenters. The van der Waals surface area contributed by atoms with Gasteiger partial charge in [-0.3, -0.25) is 4.79 Å².